The molecule has 5 rings (SSSR count). The average molecular weight is 568 g/mol. The number of amides is 1. The Morgan fingerprint density at radius 1 is 1.00 bits per heavy atom. The van der Waals surface area contributed by atoms with Crippen LogP contribution in [0, 0.1) is 23.0 Å². The summed E-state index contributed by atoms with van der Waals surface area (Å²) in [6.07, 6.45) is 4.00. The maximum absolute atomic E-state index is 13.5. The summed E-state index contributed by atoms with van der Waals surface area (Å²) in [5.41, 5.74) is 4.17. The molecule has 3 aromatic heterocycles. The fraction of sp³-hybridized carbons (Fsp3) is 0.200. The van der Waals surface area contributed by atoms with Gasteiger partial charge in [0.2, 0.25) is 0 Å². The Balaban J connectivity index is 1.24. The predicted molar refractivity (Wildman–Crippen MR) is 155 cm³/mol. The zero-order valence-electron chi connectivity index (χ0n) is 22.9. The SMILES string of the molecule is CNc1n[nH]c2ncc(-c3ccc(CNc4ncc(C#N)nc4C(=O)NC(C)CCc4ccc(F)c(F)c4)cc3)cc12. The molecule has 5 aromatic rings. The summed E-state index contributed by atoms with van der Waals surface area (Å²) in [6.45, 7) is 2.16. The molecule has 1 amide bonds. The third kappa shape index (κ3) is 6.31. The minimum absolute atomic E-state index is 0.00845. The van der Waals surface area contributed by atoms with E-state index in [0.717, 1.165) is 40.0 Å². The van der Waals surface area contributed by atoms with Gasteiger partial charge in [-0.25, -0.2) is 23.7 Å². The van der Waals surface area contributed by atoms with Gasteiger partial charge in [0.25, 0.3) is 5.91 Å². The first kappa shape index (κ1) is 28.1. The molecular formula is C30H27F2N9O. The number of aromatic amines is 1. The number of nitriles is 1. The minimum atomic E-state index is -0.908. The van der Waals surface area contributed by atoms with Crippen LogP contribution in [0.1, 0.15) is 40.7 Å². The monoisotopic (exact) mass is 567 g/mol. The van der Waals surface area contributed by atoms with Crippen LogP contribution in [-0.2, 0) is 13.0 Å². The molecule has 3 heterocycles. The molecule has 0 spiro atoms. The Morgan fingerprint density at radius 2 is 1.79 bits per heavy atom. The highest BCUT2D eigenvalue weighted by Crippen LogP contribution is 2.26. The first-order valence-corrected chi connectivity index (χ1v) is 13.2. The maximum Gasteiger partial charge on any atom is 0.273 e. The average Bonchev–Trinajstić information content (AvgIpc) is 3.43. The number of carbonyl (C=O) groups is 1. The zero-order valence-corrected chi connectivity index (χ0v) is 22.9. The largest absolute Gasteiger partial charge is 0.371 e. The number of anilines is 2. The van der Waals surface area contributed by atoms with Gasteiger partial charge < -0.3 is 16.0 Å². The third-order valence-electron chi connectivity index (χ3n) is 6.73. The van der Waals surface area contributed by atoms with Crippen molar-refractivity contribution in [2.24, 2.45) is 0 Å². The van der Waals surface area contributed by atoms with Crippen LogP contribution in [0.25, 0.3) is 22.2 Å². The molecule has 2 aromatic carbocycles. The number of halogens is 2. The number of hydrogen-bond acceptors (Lipinski definition) is 8. The predicted octanol–water partition coefficient (Wildman–Crippen LogP) is 4.97. The Hall–Kier alpha value is -5.44. The second kappa shape index (κ2) is 12.4. The van der Waals surface area contributed by atoms with Crippen LogP contribution >= 0.6 is 0 Å². The van der Waals surface area contributed by atoms with Crippen LogP contribution in [0.5, 0.6) is 0 Å². The molecule has 212 valence electrons. The van der Waals surface area contributed by atoms with Gasteiger partial charge >= 0.3 is 0 Å². The van der Waals surface area contributed by atoms with Crippen LogP contribution in [0.3, 0.4) is 0 Å². The lowest BCUT2D eigenvalue weighted by molar-refractivity contribution is 0.0934. The van der Waals surface area contributed by atoms with Crippen molar-refractivity contribution in [2.45, 2.75) is 32.4 Å². The number of nitrogens with zero attached hydrogens (tertiary/aromatic N) is 5. The molecule has 0 aliphatic rings. The molecule has 0 aliphatic carbocycles. The van der Waals surface area contributed by atoms with Gasteiger partial charge in [0.15, 0.2) is 40.3 Å². The fourth-order valence-corrected chi connectivity index (χ4v) is 4.43. The van der Waals surface area contributed by atoms with Gasteiger partial charge in [0, 0.05) is 31.4 Å². The Kier molecular flexibility index (Phi) is 8.29. The van der Waals surface area contributed by atoms with E-state index in [1.807, 2.05) is 36.4 Å². The molecule has 0 bridgehead atoms. The smallest absolute Gasteiger partial charge is 0.273 e. The highest BCUT2D eigenvalue weighted by molar-refractivity contribution is 5.97. The molecule has 42 heavy (non-hydrogen) atoms. The van der Waals surface area contributed by atoms with Crippen molar-refractivity contribution in [1.29, 1.82) is 5.26 Å². The van der Waals surface area contributed by atoms with Crippen molar-refractivity contribution in [2.75, 3.05) is 17.7 Å². The molecule has 1 atom stereocenters. The van der Waals surface area contributed by atoms with E-state index in [1.54, 1.807) is 20.2 Å². The topological polar surface area (TPSA) is 144 Å². The summed E-state index contributed by atoms with van der Waals surface area (Å²) in [6, 6.07) is 15.2. The summed E-state index contributed by atoms with van der Waals surface area (Å²) < 4.78 is 26.7. The van der Waals surface area contributed by atoms with Gasteiger partial charge in [-0.2, -0.15) is 10.4 Å². The quantitative estimate of drug-likeness (QED) is 0.185. The van der Waals surface area contributed by atoms with Crippen molar-refractivity contribution in [1.82, 2.24) is 30.5 Å². The van der Waals surface area contributed by atoms with E-state index < -0.39 is 17.5 Å². The van der Waals surface area contributed by atoms with Gasteiger partial charge in [-0.05, 0) is 54.7 Å². The number of H-pyrrole nitrogens is 1. The summed E-state index contributed by atoms with van der Waals surface area (Å²) in [7, 11) is 1.80. The van der Waals surface area contributed by atoms with Crippen LogP contribution < -0.4 is 16.0 Å². The van der Waals surface area contributed by atoms with Crippen molar-refractivity contribution in [3.8, 4) is 17.2 Å². The Bertz CT molecular complexity index is 1780. The van der Waals surface area contributed by atoms with Crippen LogP contribution in [0.4, 0.5) is 20.4 Å². The van der Waals surface area contributed by atoms with Gasteiger partial charge in [-0.3, -0.25) is 9.89 Å². The second-order valence-corrected chi connectivity index (χ2v) is 9.72. The minimum Gasteiger partial charge on any atom is -0.371 e. The first-order valence-electron chi connectivity index (χ1n) is 13.2. The molecule has 12 heteroatoms. The fourth-order valence-electron chi connectivity index (χ4n) is 4.43. The number of rotatable bonds is 10. The van der Waals surface area contributed by atoms with Gasteiger partial charge in [-0.15, -0.1) is 0 Å². The first-order chi connectivity index (χ1) is 20.3. The normalized spacial score (nSPS) is 11.6. The summed E-state index contributed by atoms with van der Waals surface area (Å²) >= 11 is 0. The third-order valence-corrected chi connectivity index (χ3v) is 6.73. The lowest BCUT2D eigenvalue weighted by Gasteiger charge is -2.16. The molecule has 0 radical (unpaired) electrons. The summed E-state index contributed by atoms with van der Waals surface area (Å²) in [5.74, 6) is -1.36. The zero-order chi connectivity index (χ0) is 29.6. The molecule has 0 fully saturated rings. The van der Waals surface area contributed by atoms with Gasteiger partial charge in [0.1, 0.15) is 6.07 Å². The number of nitrogens with one attached hydrogen (secondary N) is 4. The van der Waals surface area contributed by atoms with E-state index in [-0.39, 0.29) is 23.2 Å². The van der Waals surface area contributed by atoms with E-state index in [1.165, 1.54) is 12.3 Å². The summed E-state index contributed by atoms with van der Waals surface area (Å²) in [4.78, 5) is 26.0. The lowest BCUT2D eigenvalue weighted by Crippen LogP contribution is -2.34. The van der Waals surface area contributed by atoms with Crippen molar-refractivity contribution < 1.29 is 13.6 Å². The molecule has 0 aliphatic heterocycles. The molecule has 0 saturated carbocycles. The number of aromatic nitrogens is 5. The van der Waals surface area contributed by atoms with Crippen molar-refractivity contribution in [3.05, 3.63) is 95.1 Å². The van der Waals surface area contributed by atoms with Crippen molar-refractivity contribution in [3.63, 3.8) is 0 Å². The summed E-state index contributed by atoms with van der Waals surface area (Å²) in [5, 5.41) is 26.3. The molecular weight excluding hydrogens is 540 g/mol. The number of benzene rings is 2. The van der Waals surface area contributed by atoms with Crippen molar-refractivity contribution >= 4 is 28.6 Å². The molecule has 0 saturated heterocycles. The van der Waals surface area contributed by atoms with Gasteiger partial charge in [-0.1, -0.05) is 30.3 Å². The number of aryl methyl sites for hydroxylation is 1. The highest BCUT2D eigenvalue weighted by Gasteiger charge is 2.18. The van der Waals surface area contributed by atoms with Crippen LogP contribution in [0.15, 0.2) is 60.9 Å². The van der Waals surface area contributed by atoms with E-state index >= 15 is 0 Å². The molecule has 4 N–H and O–H groups in total. The Morgan fingerprint density at radius 3 is 2.52 bits per heavy atom. The number of pyridine rings is 1. The second-order valence-electron chi connectivity index (χ2n) is 9.72. The van der Waals surface area contributed by atoms with E-state index in [2.05, 4.69) is 41.1 Å². The Labute approximate surface area is 240 Å². The number of hydrogen-bond donors (Lipinski definition) is 4. The highest BCUT2D eigenvalue weighted by atomic mass is 19.2. The van der Waals surface area contributed by atoms with Crippen LogP contribution in [0.2, 0.25) is 0 Å². The lowest BCUT2D eigenvalue weighted by atomic mass is 10.0. The van der Waals surface area contributed by atoms with Gasteiger partial charge in [0.05, 0.1) is 11.6 Å². The maximum atomic E-state index is 13.5. The van der Waals surface area contributed by atoms with Crippen LogP contribution in [-0.4, -0.2) is 44.1 Å². The van der Waals surface area contributed by atoms with E-state index in [9.17, 15) is 18.8 Å². The van der Waals surface area contributed by atoms with E-state index in [4.69, 9.17) is 0 Å². The number of carbonyl (C=O) groups excluding carboxylic acids is 1. The standard InChI is InChI=1S/C30H27F2N9O/c1-17(3-4-18-7-10-24(31)25(32)11-18)38-30(42)26-29(37-16-22(13-33)39-26)35-14-19-5-8-20(9-6-19)21-12-23-27(34-2)40-41-28(23)36-15-21/h5-12,15-17H,3-4,14H2,1-2H3,(H,35,37)(H,38,42)(H2,34,36,40,41). The molecule has 10 nitrogen and oxygen atoms in total. The van der Waals surface area contributed by atoms with E-state index in [0.29, 0.717) is 30.6 Å². The molecule has 1 unspecified atom stereocenters. The number of fused-ring (bicyclic) bond motifs is 1.